The van der Waals surface area contributed by atoms with Crippen molar-refractivity contribution in [2.75, 3.05) is 4.90 Å². The van der Waals surface area contributed by atoms with Gasteiger partial charge in [0.15, 0.2) is 0 Å². The summed E-state index contributed by atoms with van der Waals surface area (Å²) in [6.45, 7) is 0.226. The predicted molar refractivity (Wildman–Crippen MR) is 144 cm³/mol. The normalized spacial score (nSPS) is 14.2. The van der Waals surface area contributed by atoms with Crippen molar-refractivity contribution in [2.45, 2.75) is 9.79 Å². The second-order valence-corrected chi connectivity index (χ2v) is 10.4. The van der Waals surface area contributed by atoms with Gasteiger partial charge >= 0.3 is 0 Å². The summed E-state index contributed by atoms with van der Waals surface area (Å²) >= 11 is 1.90. The summed E-state index contributed by atoms with van der Waals surface area (Å²) in [6, 6.07) is 38.2. The summed E-state index contributed by atoms with van der Waals surface area (Å²) in [5.41, 5.74) is 12.1. The molecule has 3 aliphatic heterocycles. The molecule has 6 aromatic rings. The van der Waals surface area contributed by atoms with Gasteiger partial charge in [0.2, 0.25) is 0 Å². The molecule has 4 heterocycles. The summed E-state index contributed by atoms with van der Waals surface area (Å²) in [6.07, 6.45) is 0. The maximum atomic E-state index is 2.52. The fourth-order valence-corrected chi connectivity index (χ4v) is 7.61. The van der Waals surface area contributed by atoms with Crippen molar-refractivity contribution < 1.29 is 0 Å². The van der Waals surface area contributed by atoms with Gasteiger partial charge in [-0.2, -0.15) is 0 Å². The van der Waals surface area contributed by atoms with E-state index < -0.39 is 0 Å². The summed E-state index contributed by atoms with van der Waals surface area (Å²) < 4.78 is 2.52. The lowest BCUT2D eigenvalue weighted by Gasteiger charge is -2.43. The second-order valence-electron chi connectivity index (χ2n) is 9.34. The molecule has 0 radical (unpaired) electrons. The third-order valence-corrected chi connectivity index (χ3v) is 8.88. The average Bonchev–Trinajstić information content (AvgIpc) is 3.24. The van der Waals surface area contributed by atoms with E-state index in [4.69, 9.17) is 0 Å². The first-order valence-corrected chi connectivity index (χ1v) is 12.6. The Morgan fingerprint density at radius 2 is 1.32 bits per heavy atom. The van der Waals surface area contributed by atoms with Crippen LogP contribution in [-0.4, -0.2) is 11.3 Å². The fourth-order valence-electron chi connectivity index (χ4n) is 6.53. The SMILES string of the molecule is c1ccc2c(c1)Sc1ccc3c4c1N2c1ccccc1B4c1cccc2c4ccccc4n-3c12. The molecule has 9 rings (SSSR count). The van der Waals surface area contributed by atoms with Gasteiger partial charge in [-0.25, -0.2) is 0 Å². The van der Waals surface area contributed by atoms with Crippen LogP contribution in [0.25, 0.3) is 27.5 Å². The highest BCUT2D eigenvalue weighted by molar-refractivity contribution is 7.99. The van der Waals surface area contributed by atoms with E-state index in [1.54, 1.807) is 0 Å². The van der Waals surface area contributed by atoms with Crippen molar-refractivity contribution in [1.29, 1.82) is 0 Å². The summed E-state index contributed by atoms with van der Waals surface area (Å²) in [5.74, 6) is 0. The first kappa shape index (κ1) is 17.6. The van der Waals surface area contributed by atoms with Gasteiger partial charge in [0.05, 0.1) is 16.9 Å². The van der Waals surface area contributed by atoms with E-state index in [-0.39, 0.29) is 6.71 Å². The fraction of sp³-hybridized carbons (Fsp3) is 0. The Morgan fingerprint density at radius 3 is 2.29 bits per heavy atom. The molecule has 0 saturated carbocycles. The van der Waals surface area contributed by atoms with Crippen molar-refractivity contribution in [3.63, 3.8) is 0 Å². The largest absolute Gasteiger partial charge is 0.310 e. The minimum absolute atomic E-state index is 0.226. The van der Waals surface area contributed by atoms with Crippen LogP contribution in [0.1, 0.15) is 0 Å². The first-order chi connectivity index (χ1) is 16.9. The molecule has 0 fully saturated rings. The molecule has 1 aromatic heterocycles. The van der Waals surface area contributed by atoms with Crippen molar-refractivity contribution in [2.24, 2.45) is 0 Å². The number of nitrogens with zero attached hydrogens (tertiary/aromatic N) is 2. The summed E-state index contributed by atoms with van der Waals surface area (Å²) in [7, 11) is 0. The van der Waals surface area contributed by atoms with Crippen LogP contribution in [0.15, 0.2) is 113 Å². The smallest absolute Gasteiger partial charge is 0.252 e. The minimum atomic E-state index is 0.226. The van der Waals surface area contributed by atoms with Gasteiger partial charge < -0.3 is 9.47 Å². The highest BCUT2D eigenvalue weighted by atomic mass is 32.2. The topological polar surface area (TPSA) is 8.17 Å². The van der Waals surface area contributed by atoms with Crippen LogP contribution in [0, 0.1) is 0 Å². The third kappa shape index (κ3) is 1.91. The zero-order valence-corrected chi connectivity index (χ0v) is 19.0. The van der Waals surface area contributed by atoms with E-state index in [2.05, 4.69) is 113 Å². The molecule has 4 heteroatoms. The van der Waals surface area contributed by atoms with E-state index in [0.717, 1.165) is 0 Å². The lowest BCUT2D eigenvalue weighted by Crippen LogP contribution is -2.60. The summed E-state index contributed by atoms with van der Waals surface area (Å²) in [5, 5.41) is 2.67. The number of aromatic nitrogens is 1. The standard InChI is InChI=1S/C30H17BN2S/c1-3-12-22-18(8-1)19-9-7-11-21-29(19)32(22)25-16-17-27-30-28(25)31(21)20-10-2-4-13-23(20)33(30)24-14-5-6-15-26(24)34-27/h1-17H. The van der Waals surface area contributed by atoms with E-state index in [1.807, 2.05) is 11.8 Å². The van der Waals surface area contributed by atoms with Crippen LogP contribution < -0.4 is 21.3 Å². The van der Waals surface area contributed by atoms with Crippen LogP contribution in [0.5, 0.6) is 0 Å². The molecule has 34 heavy (non-hydrogen) atoms. The maximum absolute atomic E-state index is 2.52. The molecular formula is C30H17BN2S. The van der Waals surface area contributed by atoms with E-state index >= 15 is 0 Å². The number of hydrogen-bond acceptors (Lipinski definition) is 2. The minimum Gasteiger partial charge on any atom is -0.310 e. The molecule has 156 valence electrons. The Labute approximate surface area is 201 Å². The average molecular weight is 448 g/mol. The molecule has 5 aromatic carbocycles. The molecule has 2 nitrogen and oxygen atoms in total. The third-order valence-electron chi connectivity index (χ3n) is 7.76. The molecule has 0 bridgehead atoms. The molecule has 0 unspecified atom stereocenters. The van der Waals surface area contributed by atoms with E-state index in [9.17, 15) is 0 Å². The Bertz CT molecular complexity index is 1870. The molecule has 0 N–H and O–H groups in total. The number of benzene rings is 5. The highest BCUT2D eigenvalue weighted by Crippen LogP contribution is 2.53. The predicted octanol–water partition coefficient (Wildman–Crippen LogP) is 5.86. The van der Waals surface area contributed by atoms with Crippen molar-refractivity contribution in [3.8, 4) is 5.69 Å². The van der Waals surface area contributed by atoms with Crippen molar-refractivity contribution >= 4 is 73.7 Å². The second kappa shape index (κ2) is 5.96. The zero-order valence-electron chi connectivity index (χ0n) is 18.2. The number of hydrogen-bond donors (Lipinski definition) is 0. The van der Waals surface area contributed by atoms with Gasteiger partial charge in [-0.3, -0.25) is 0 Å². The van der Waals surface area contributed by atoms with E-state index in [0.29, 0.717) is 0 Å². The molecule has 0 saturated heterocycles. The number of para-hydroxylation sites is 4. The van der Waals surface area contributed by atoms with Gasteiger partial charge in [-0.1, -0.05) is 78.5 Å². The zero-order chi connectivity index (χ0) is 22.0. The van der Waals surface area contributed by atoms with Crippen LogP contribution >= 0.6 is 11.8 Å². The first-order valence-electron chi connectivity index (χ1n) is 11.8. The Kier molecular flexibility index (Phi) is 3.08. The van der Waals surface area contributed by atoms with Gasteiger partial charge in [-0.15, -0.1) is 0 Å². The van der Waals surface area contributed by atoms with Crippen molar-refractivity contribution in [1.82, 2.24) is 4.57 Å². The quantitative estimate of drug-likeness (QED) is 0.269. The van der Waals surface area contributed by atoms with Crippen molar-refractivity contribution in [3.05, 3.63) is 103 Å². The molecular weight excluding hydrogens is 431 g/mol. The molecule has 0 spiro atoms. The van der Waals surface area contributed by atoms with Gasteiger partial charge in [0.25, 0.3) is 6.71 Å². The lowest BCUT2D eigenvalue weighted by atomic mass is 9.34. The van der Waals surface area contributed by atoms with Crippen LogP contribution in [0.2, 0.25) is 0 Å². The van der Waals surface area contributed by atoms with Gasteiger partial charge in [-0.05, 0) is 52.8 Å². The van der Waals surface area contributed by atoms with Crippen LogP contribution in [-0.2, 0) is 0 Å². The number of fused-ring (bicyclic) bond motifs is 10. The van der Waals surface area contributed by atoms with Gasteiger partial charge in [0, 0.05) is 37.5 Å². The lowest BCUT2D eigenvalue weighted by molar-refractivity contribution is 1.13. The maximum Gasteiger partial charge on any atom is 0.252 e. The molecule has 0 atom stereocenters. The molecule has 0 amide bonds. The molecule has 3 aliphatic rings. The van der Waals surface area contributed by atoms with Crippen LogP contribution in [0.3, 0.4) is 0 Å². The van der Waals surface area contributed by atoms with E-state index in [1.165, 1.54) is 70.7 Å². The van der Waals surface area contributed by atoms with Gasteiger partial charge in [0.1, 0.15) is 0 Å². The van der Waals surface area contributed by atoms with Crippen LogP contribution in [0.4, 0.5) is 17.1 Å². The Hall–Kier alpha value is -3.89. The Balaban J connectivity index is 1.52. The highest BCUT2D eigenvalue weighted by Gasteiger charge is 2.44. The number of anilines is 3. The summed E-state index contributed by atoms with van der Waals surface area (Å²) in [4.78, 5) is 5.17. The Morgan fingerprint density at radius 1 is 0.559 bits per heavy atom. The number of rotatable bonds is 0. The molecule has 0 aliphatic carbocycles. The monoisotopic (exact) mass is 448 g/mol.